The van der Waals surface area contributed by atoms with Crippen LogP contribution in [0.1, 0.15) is 16.2 Å². The molecule has 184 valence electrons. The molecular weight excluding hydrogens is 464 g/mol. The summed E-state index contributed by atoms with van der Waals surface area (Å²) >= 11 is 0. The smallest absolute Gasteiger partial charge is 0.272 e. The quantitative estimate of drug-likeness (QED) is 0.377. The van der Waals surface area contributed by atoms with Gasteiger partial charge in [0.2, 0.25) is 0 Å². The molecule has 0 radical (unpaired) electrons. The maximum absolute atomic E-state index is 13.7. The number of hydrogen-bond acceptors (Lipinski definition) is 5. The van der Waals surface area contributed by atoms with Crippen LogP contribution in [0.4, 0.5) is 0 Å². The molecule has 0 N–H and O–H groups in total. The van der Waals surface area contributed by atoms with Gasteiger partial charge in [-0.1, -0.05) is 54.6 Å². The van der Waals surface area contributed by atoms with Crippen LogP contribution in [0, 0.1) is 0 Å². The van der Waals surface area contributed by atoms with E-state index in [2.05, 4.69) is 9.88 Å². The summed E-state index contributed by atoms with van der Waals surface area (Å²) in [6.07, 6.45) is 1.72. The molecule has 5 aromatic rings. The molecule has 8 heteroatoms. The summed E-state index contributed by atoms with van der Waals surface area (Å²) < 4.78 is 3.28. The summed E-state index contributed by atoms with van der Waals surface area (Å²) in [5, 5.41) is 4.79. The molecule has 37 heavy (non-hydrogen) atoms. The minimum absolute atomic E-state index is 0.0414. The van der Waals surface area contributed by atoms with Crippen molar-refractivity contribution in [3.63, 3.8) is 0 Å². The third-order valence-corrected chi connectivity index (χ3v) is 6.67. The zero-order chi connectivity index (χ0) is 25.2. The van der Waals surface area contributed by atoms with Crippen LogP contribution >= 0.6 is 0 Å². The average Bonchev–Trinajstić information content (AvgIpc) is 3.40. The van der Waals surface area contributed by atoms with Gasteiger partial charge in [-0.3, -0.25) is 18.9 Å². The van der Waals surface area contributed by atoms with Gasteiger partial charge < -0.3 is 4.90 Å². The van der Waals surface area contributed by atoms with Gasteiger partial charge in [-0.2, -0.15) is 5.10 Å². The fraction of sp³-hybridized carbons (Fsp3) is 0.172. The molecule has 1 saturated heterocycles. The van der Waals surface area contributed by atoms with E-state index in [-0.39, 0.29) is 11.5 Å². The van der Waals surface area contributed by atoms with Crippen molar-refractivity contribution >= 4 is 11.6 Å². The monoisotopic (exact) mass is 490 g/mol. The van der Waals surface area contributed by atoms with Crippen LogP contribution in [0.5, 0.6) is 0 Å². The van der Waals surface area contributed by atoms with Gasteiger partial charge in [-0.05, 0) is 30.3 Å². The highest BCUT2D eigenvalue weighted by atomic mass is 16.2. The molecule has 8 nitrogen and oxygen atoms in total. The summed E-state index contributed by atoms with van der Waals surface area (Å²) in [7, 11) is 0. The average molecular weight is 491 g/mol. The van der Waals surface area contributed by atoms with Crippen molar-refractivity contribution < 1.29 is 4.79 Å². The number of pyridine rings is 1. The molecule has 1 amide bonds. The first-order chi connectivity index (χ1) is 18.2. The lowest BCUT2D eigenvalue weighted by Gasteiger charge is -2.34. The Morgan fingerprint density at radius 3 is 2.27 bits per heavy atom. The Morgan fingerprint density at radius 2 is 1.51 bits per heavy atom. The molecule has 0 bridgehead atoms. The normalized spacial score (nSPS) is 14.2. The predicted octanol–water partition coefficient (Wildman–Crippen LogP) is 3.51. The van der Waals surface area contributed by atoms with Gasteiger partial charge in [0.1, 0.15) is 11.3 Å². The number of hydrogen-bond donors (Lipinski definition) is 0. The summed E-state index contributed by atoms with van der Waals surface area (Å²) in [5.41, 5.74) is 4.42. The minimum atomic E-state index is -0.0854. The number of rotatable bonds is 5. The summed E-state index contributed by atoms with van der Waals surface area (Å²) in [5.74, 6) is -0.0414. The highest BCUT2D eigenvalue weighted by Crippen LogP contribution is 2.23. The van der Waals surface area contributed by atoms with Crippen LogP contribution in [-0.4, -0.2) is 61.1 Å². The van der Waals surface area contributed by atoms with Crippen LogP contribution in [0.25, 0.3) is 22.6 Å². The van der Waals surface area contributed by atoms with Gasteiger partial charge in [0, 0.05) is 50.6 Å². The first-order valence-electron chi connectivity index (χ1n) is 12.4. The number of carbonyl (C=O) groups excluding carboxylic acids is 1. The largest absolute Gasteiger partial charge is 0.335 e. The number of piperazine rings is 1. The van der Waals surface area contributed by atoms with Crippen LogP contribution in [0.15, 0.2) is 102 Å². The van der Waals surface area contributed by atoms with Crippen LogP contribution in [-0.2, 0) is 6.54 Å². The van der Waals surface area contributed by atoms with Gasteiger partial charge in [0.25, 0.3) is 11.5 Å². The zero-order valence-electron chi connectivity index (χ0n) is 20.3. The van der Waals surface area contributed by atoms with E-state index >= 15 is 0 Å². The van der Waals surface area contributed by atoms with Crippen LogP contribution in [0.3, 0.4) is 0 Å². The molecule has 4 heterocycles. The maximum atomic E-state index is 13.7. The lowest BCUT2D eigenvalue weighted by Crippen LogP contribution is -2.48. The number of para-hydroxylation sites is 1. The molecule has 0 spiro atoms. The maximum Gasteiger partial charge on any atom is 0.272 e. The fourth-order valence-electron chi connectivity index (χ4n) is 4.73. The SMILES string of the molecule is O=C(c1cc(-c2ccccc2)nn1-c1ccccc1)N1CCN(Cc2cc(=O)n3ccccc3n2)CC1. The molecule has 1 aliphatic rings. The van der Waals surface area contributed by atoms with Crippen molar-refractivity contribution in [1.29, 1.82) is 0 Å². The zero-order valence-corrected chi connectivity index (χ0v) is 20.3. The van der Waals surface area contributed by atoms with Gasteiger partial charge in [-0.15, -0.1) is 0 Å². The molecule has 6 rings (SSSR count). The fourth-order valence-corrected chi connectivity index (χ4v) is 4.73. The van der Waals surface area contributed by atoms with Gasteiger partial charge in [0.05, 0.1) is 17.1 Å². The number of amides is 1. The number of benzene rings is 2. The highest BCUT2D eigenvalue weighted by Gasteiger charge is 2.26. The molecule has 3 aromatic heterocycles. The Hall–Kier alpha value is -4.56. The minimum Gasteiger partial charge on any atom is -0.335 e. The second-order valence-electron chi connectivity index (χ2n) is 9.11. The highest BCUT2D eigenvalue weighted by molar-refractivity contribution is 5.94. The van der Waals surface area contributed by atoms with Crippen molar-refractivity contribution in [1.82, 2.24) is 29.0 Å². The van der Waals surface area contributed by atoms with E-state index in [1.807, 2.05) is 89.8 Å². The van der Waals surface area contributed by atoms with Crippen molar-refractivity contribution in [2.75, 3.05) is 26.2 Å². The Labute approximate surface area is 214 Å². The summed E-state index contributed by atoms with van der Waals surface area (Å²) in [6, 6.07) is 28.6. The standard InChI is InChI=1S/C29H26N6O2/c36-28-19-23(30-27-13-7-8-14-34(27)28)21-32-15-17-33(18-16-32)29(37)26-20-25(22-9-3-1-4-10-22)31-35(26)24-11-5-2-6-12-24/h1-14,19-20H,15-18,21H2. The van der Waals surface area contributed by atoms with E-state index in [0.717, 1.165) is 22.6 Å². The van der Waals surface area contributed by atoms with Gasteiger partial charge in [0.15, 0.2) is 0 Å². The lowest BCUT2D eigenvalue weighted by molar-refractivity contribution is 0.0618. The Bertz CT molecular complexity index is 1600. The second kappa shape index (κ2) is 9.83. The summed E-state index contributed by atoms with van der Waals surface area (Å²) in [6.45, 7) is 3.15. The summed E-state index contributed by atoms with van der Waals surface area (Å²) in [4.78, 5) is 34.9. The molecule has 0 saturated carbocycles. The van der Waals surface area contributed by atoms with E-state index in [4.69, 9.17) is 5.10 Å². The molecule has 1 aliphatic heterocycles. The van der Waals surface area contributed by atoms with E-state index in [0.29, 0.717) is 44.1 Å². The van der Waals surface area contributed by atoms with Crippen molar-refractivity contribution in [2.24, 2.45) is 0 Å². The first kappa shape index (κ1) is 22.9. The number of carbonyl (C=O) groups is 1. The van der Waals surface area contributed by atoms with E-state index in [1.165, 1.54) is 0 Å². The molecule has 2 aromatic carbocycles. The third-order valence-electron chi connectivity index (χ3n) is 6.67. The van der Waals surface area contributed by atoms with Gasteiger partial charge in [-0.25, -0.2) is 9.67 Å². The predicted molar refractivity (Wildman–Crippen MR) is 142 cm³/mol. The number of fused-ring (bicyclic) bond motifs is 1. The van der Waals surface area contributed by atoms with Crippen molar-refractivity contribution in [3.05, 3.63) is 119 Å². The molecular formula is C29H26N6O2. The van der Waals surface area contributed by atoms with Crippen LogP contribution in [0.2, 0.25) is 0 Å². The van der Waals surface area contributed by atoms with E-state index < -0.39 is 0 Å². The number of aromatic nitrogens is 4. The van der Waals surface area contributed by atoms with E-state index in [9.17, 15) is 9.59 Å². The lowest BCUT2D eigenvalue weighted by atomic mass is 10.1. The molecule has 0 unspecified atom stereocenters. The van der Waals surface area contributed by atoms with Crippen molar-refractivity contribution in [2.45, 2.75) is 6.54 Å². The first-order valence-corrected chi connectivity index (χ1v) is 12.4. The van der Waals surface area contributed by atoms with E-state index in [1.54, 1.807) is 21.3 Å². The van der Waals surface area contributed by atoms with Gasteiger partial charge >= 0.3 is 0 Å². The molecule has 0 aliphatic carbocycles. The molecule has 1 fully saturated rings. The Morgan fingerprint density at radius 1 is 0.811 bits per heavy atom. The van der Waals surface area contributed by atoms with Crippen molar-refractivity contribution in [3.8, 4) is 16.9 Å². The third kappa shape index (κ3) is 4.66. The van der Waals surface area contributed by atoms with Crippen LogP contribution < -0.4 is 5.56 Å². The Kier molecular flexibility index (Phi) is 6.08. The number of nitrogens with zero attached hydrogens (tertiary/aromatic N) is 6. The Balaban J connectivity index is 1.20. The molecule has 0 atom stereocenters. The topological polar surface area (TPSA) is 75.7 Å². The second-order valence-corrected chi connectivity index (χ2v) is 9.11.